The molecule has 0 bridgehead atoms. The van der Waals surface area contributed by atoms with Crippen molar-refractivity contribution in [1.29, 1.82) is 0 Å². The minimum absolute atomic E-state index is 0.0618. The molecule has 0 spiro atoms. The molecule has 104 valence electrons. The average Bonchev–Trinajstić information content (AvgIpc) is 2.34. The fraction of sp³-hybridized carbons (Fsp3) is 0.846. The first-order chi connectivity index (χ1) is 8.54. The van der Waals surface area contributed by atoms with Crippen molar-refractivity contribution in [3.8, 4) is 0 Å². The zero-order valence-corrected chi connectivity index (χ0v) is 11.0. The van der Waals surface area contributed by atoms with Gasteiger partial charge >= 0.3 is 5.97 Å². The van der Waals surface area contributed by atoms with E-state index < -0.39 is 12.0 Å². The van der Waals surface area contributed by atoms with Crippen LogP contribution in [0.25, 0.3) is 0 Å². The van der Waals surface area contributed by atoms with Crippen LogP contribution >= 0.6 is 0 Å². The van der Waals surface area contributed by atoms with Gasteiger partial charge in [-0.15, -0.1) is 0 Å². The summed E-state index contributed by atoms with van der Waals surface area (Å²) in [6.07, 6.45) is 5.49. The maximum absolute atomic E-state index is 12.0. The number of carboxylic acids is 1. The van der Waals surface area contributed by atoms with Crippen LogP contribution in [0.4, 0.5) is 0 Å². The molecule has 18 heavy (non-hydrogen) atoms. The number of carbonyl (C=O) groups is 2. The number of nitrogens with two attached hydrogens (primary N) is 1. The Balaban J connectivity index is 2.42. The Bertz CT molecular complexity index is 286. The van der Waals surface area contributed by atoms with Crippen molar-refractivity contribution in [2.24, 2.45) is 11.7 Å². The van der Waals surface area contributed by atoms with Crippen molar-refractivity contribution in [3.63, 3.8) is 0 Å². The highest BCUT2D eigenvalue weighted by molar-refractivity contribution is 5.84. The molecule has 1 saturated carbocycles. The van der Waals surface area contributed by atoms with Gasteiger partial charge in [-0.3, -0.25) is 4.79 Å². The van der Waals surface area contributed by atoms with Crippen molar-refractivity contribution in [3.05, 3.63) is 0 Å². The van der Waals surface area contributed by atoms with Crippen molar-refractivity contribution < 1.29 is 14.7 Å². The van der Waals surface area contributed by atoms with Crippen LogP contribution in [-0.4, -0.2) is 29.1 Å². The quantitative estimate of drug-likeness (QED) is 0.667. The van der Waals surface area contributed by atoms with Crippen LogP contribution in [0.15, 0.2) is 0 Å². The summed E-state index contributed by atoms with van der Waals surface area (Å²) in [5.74, 6) is -1.12. The molecule has 1 aliphatic rings. The zero-order valence-electron chi connectivity index (χ0n) is 11.0. The van der Waals surface area contributed by atoms with Gasteiger partial charge in [0.05, 0.1) is 0 Å². The van der Waals surface area contributed by atoms with E-state index in [-0.39, 0.29) is 17.9 Å². The Morgan fingerprint density at radius 3 is 2.44 bits per heavy atom. The maximum Gasteiger partial charge on any atom is 0.326 e. The first-order valence-corrected chi connectivity index (χ1v) is 6.83. The van der Waals surface area contributed by atoms with Gasteiger partial charge in [-0.25, -0.2) is 4.79 Å². The van der Waals surface area contributed by atoms with E-state index in [1.165, 1.54) is 0 Å². The first-order valence-electron chi connectivity index (χ1n) is 6.83. The summed E-state index contributed by atoms with van der Waals surface area (Å²) < 4.78 is 0. The van der Waals surface area contributed by atoms with Gasteiger partial charge in [-0.1, -0.05) is 19.8 Å². The summed E-state index contributed by atoms with van der Waals surface area (Å²) in [6.45, 7) is 2.00. The van der Waals surface area contributed by atoms with Gasteiger partial charge in [-0.05, 0) is 32.1 Å². The van der Waals surface area contributed by atoms with E-state index >= 15 is 0 Å². The lowest BCUT2D eigenvalue weighted by molar-refractivity contribution is -0.142. The van der Waals surface area contributed by atoms with Gasteiger partial charge in [0, 0.05) is 12.0 Å². The topological polar surface area (TPSA) is 92.4 Å². The van der Waals surface area contributed by atoms with E-state index in [2.05, 4.69) is 5.32 Å². The molecule has 1 fully saturated rings. The minimum atomic E-state index is -0.940. The van der Waals surface area contributed by atoms with Gasteiger partial charge < -0.3 is 16.2 Å². The van der Waals surface area contributed by atoms with Gasteiger partial charge in [0.2, 0.25) is 5.91 Å². The number of amides is 1. The molecule has 1 aliphatic carbocycles. The number of unbranched alkanes of at least 4 members (excludes halogenated alkanes) is 1. The van der Waals surface area contributed by atoms with Crippen molar-refractivity contribution in [2.45, 2.75) is 64.0 Å². The summed E-state index contributed by atoms with van der Waals surface area (Å²) in [7, 11) is 0. The first kappa shape index (κ1) is 15.0. The van der Waals surface area contributed by atoms with Crippen LogP contribution in [-0.2, 0) is 9.59 Å². The number of carboxylic acid groups (broad SMARTS) is 1. The van der Waals surface area contributed by atoms with Crippen LogP contribution in [0, 0.1) is 5.92 Å². The van der Waals surface area contributed by atoms with E-state index in [1.54, 1.807) is 0 Å². The van der Waals surface area contributed by atoms with E-state index in [9.17, 15) is 9.59 Å². The number of hydrogen-bond acceptors (Lipinski definition) is 3. The Hall–Kier alpha value is -1.10. The molecule has 0 aliphatic heterocycles. The molecule has 1 atom stereocenters. The van der Waals surface area contributed by atoms with Crippen LogP contribution in [0.2, 0.25) is 0 Å². The lowest BCUT2D eigenvalue weighted by atomic mass is 9.85. The zero-order chi connectivity index (χ0) is 13.5. The number of carbonyl (C=O) groups excluding carboxylic acids is 1. The van der Waals surface area contributed by atoms with Crippen LogP contribution < -0.4 is 11.1 Å². The largest absolute Gasteiger partial charge is 0.480 e. The Morgan fingerprint density at radius 2 is 1.94 bits per heavy atom. The second-order valence-electron chi connectivity index (χ2n) is 5.15. The molecule has 0 radical (unpaired) electrons. The molecule has 0 aromatic carbocycles. The molecular formula is C13H24N2O3. The molecule has 5 nitrogen and oxygen atoms in total. The monoisotopic (exact) mass is 256 g/mol. The van der Waals surface area contributed by atoms with Gasteiger partial charge in [-0.2, -0.15) is 0 Å². The van der Waals surface area contributed by atoms with Crippen molar-refractivity contribution in [1.82, 2.24) is 5.32 Å². The highest BCUT2D eigenvalue weighted by atomic mass is 16.4. The SMILES string of the molecule is CCCC[C@H](NC(=O)C1CCC(N)CC1)C(=O)O. The van der Waals surface area contributed by atoms with Crippen molar-refractivity contribution >= 4 is 11.9 Å². The second kappa shape index (κ2) is 7.36. The third kappa shape index (κ3) is 4.64. The summed E-state index contributed by atoms with van der Waals surface area (Å²) >= 11 is 0. The van der Waals surface area contributed by atoms with Crippen LogP contribution in [0.1, 0.15) is 51.9 Å². The Kier molecular flexibility index (Phi) is 6.12. The smallest absolute Gasteiger partial charge is 0.326 e. The highest BCUT2D eigenvalue weighted by Gasteiger charge is 2.27. The summed E-state index contributed by atoms with van der Waals surface area (Å²) in [5.41, 5.74) is 5.79. The molecule has 4 N–H and O–H groups in total. The van der Waals surface area contributed by atoms with E-state index in [0.717, 1.165) is 38.5 Å². The molecule has 1 amide bonds. The highest BCUT2D eigenvalue weighted by Crippen LogP contribution is 2.23. The van der Waals surface area contributed by atoms with Gasteiger partial charge in [0.1, 0.15) is 6.04 Å². The fourth-order valence-electron chi connectivity index (χ4n) is 2.34. The molecule has 5 heteroatoms. The average molecular weight is 256 g/mol. The third-order valence-electron chi connectivity index (χ3n) is 3.60. The third-order valence-corrected chi connectivity index (χ3v) is 3.60. The van der Waals surface area contributed by atoms with Crippen LogP contribution in [0.3, 0.4) is 0 Å². The van der Waals surface area contributed by atoms with Crippen molar-refractivity contribution in [2.75, 3.05) is 0 Å². The Morgan fingerprint density at radius 1 is 1.33 bits per heavy atom. The van der Waals surface area contributed by atoms with Crippen LogP contribution in [0.5, 0.6) is 0 Å². The number of rotatable bonds is 6. The lowest BCUT2D eigenvalue weighted by Crippen LogP contribution is -2.45. The fourth-order valence-corrected chi connectivity index (χ4v) is 2.34. The standard InChI is InChI=1S/C13H24N2O3/c1-2-3-4-11(13(17)18)15-12(16)9-5-7-10(14)8-6-9/h9-11H,2-8,14H2,1H3,(H,15,16)(H,17,18)/t9?,10?,11-/m0/s1. The summed E-state index contributed by atoms with van der Waals surface area (Å²) in [4.78, 5) is 23.0. The predicted octanol–water partition coefficient (Wildman–Crippen LogP) is 1.26. The molecule has 0 unspecified atom stereocenters. The summed E-state index contributed by atoms with van der Waals surface area (Å²) in [5, 5.41) is 11.7. The summed E-state index contributed by atoms with van der Waals surface area (Å²) in [6, 6.07) is -0.544. The molecule has 0 heterocycles. The minimum Gasteiger partial charge on any atom is -0.480 e. The second-order valence-corrected chi connectivity index (χ2v) is 5.15. The Labute approximate surface area is 108 Å². The van der Waals surface area contributed by atoms with Gasteiger partial charge in [0.25, 0.3) is 0 Å². The predicted molar refractivity (Wildman–Crippen MR) is 69.0 cm³/mol. The number of nitrogens with one attached hydrogen (secondary N) is 1. The normalized spacial score (nSPS) is 25.4. The lowest BCUT2D eigenvalue weighted by Gasteiger charge is -2.26. The number of aliphatic carboxylic acids is 1. The molecular weight excluding hydrogens is 232 g/mol. The molecule has 1 rings (SSSR count). The van der Waals surface area contributed by atoms with E-state index in [4.69, 9.17) is 10.8 Å². The van der Waals surface area contributed by atoms with Gasteiger partial charge in [0.15, 0.2) is 0 Å². The van der Waals surface area contributed by atoms with E-state index in [0.29, 0.717) is 6.42 Å². The molecule has 0 aromatic rings. The van der Waals surface area contributed by atoms with E-state index in [1.807, 2.05) is 6.92 Å². The molecule has 0 aromatic heterocycles. The molecule has 0 saturated heterocycles. The maximum atomic E-state index is 12.0. The number of hydrogen-bond donors (Lipinski definition) is 3.